The van der Waals surface area contributed by atoms with Crippen LogP contribution in [0.4, 0.5) is 4.79 Å². The second kappa shape index (κ2) is 16.1. The number of allylic oxidation sites excluding steroid dienone is 1. The molecule has 3 aromatic heterocycles. The summed E-state index contributed by atoms with van der Waals surface area (Å²) in [7, 11) is 6.34. The predicted molar refractivity (Wildman–Crippen MR) is 181 cm³/mol. The number of Topliss-reactive ketones (excluding diaryl/α,β-unsaturated/α-hetero) is 1. The second-order valence-electron chi connectivity index (χ2n) is 13.9. The summed E-state index contributed by atoms with van der Waals surface area (Å²) in [6, 6.07) is 3.33. The molecule has 13 nitrogen and oxygen atoms in total. The number of fused-ring (bicyclic) bond motifs is 1. The number of likely N-dealkylation sites (N-methyl/N-ethyl adjacent to an activating group) is 1. The van der Waals surface area contributed by atoms with Crippen LogP contribution in [0, 0.1) is 5.41 Å². The Hall–Kier alpha value is -4.39. The lowest BCUT2D eigenvalue weighted by molar-refractivity contribution is -0.127. The number of hydrogen-bond donors (Lipinski definition) is 0. The van der Waals surface area contributed by atoms with Gasteiger partial charge in [0, 0.05) is 53.0 Å². The molecule has 0 radical (unpaired) electrons. The van der Waals surface area contributed by atoms with Crippen LogP contribution in [0.2, 0.25) is 0 Å². The van der Waals surface area contributed by atoms with Gasteiger partial charge in [0.05, 0.1) is 12.2 Å². The molecule has 1 fully saturated rings. The van der Waals surface area contributed by atoms with Crippen molar-refractivity contribution in [2.45, 2.75) is 91.0 Å². The number of nitrogens with zero attached hydrogens (tertiary/aromatic N) is 7. The van der Waals surface area contributed by atoms with Crippen molar-refractivity contribution in [3.63, 3.8) is 0 Å². The van der Waals surface area contributed by atoms with Gasteiger partial charge in [-0.1, -0.05) is 32.9 Å². The molecule has 4 rings (SSSR count). The van der Waals surface area contributed by atoms with Crippen LogP contribution in [0.3, 0.4) is 0 Å². The van der Waals surface area contributed by atoms with E-state index in [-0.39, 0.29) is 48.1 Å². The van der Waals surface area contributed by atoms with Gasteiger partial charge in [-0.25, -0.2) is 19.7 Å². The molecule has 2 amide bonds. The number of pyridine rings is 1. The van der Waals surface area contributed by atoms with Crippen molar-refractivity contribution in [1.82, 2.24) is 33.9 Å². The zero-order valence-electron chi connectivity index (χ0n) is 29.3. The lowest BCUT2D eigenvalue weighted by atomic mass is 9.90. The Morgan fingerprint density at radius 1 is 1.12 bits per heavy atom. The SMILES string of the molecule is CN(C)C(=O)/C=C/CC[C@H](OC(=O)N(C)C)C(=O)Cc1cccn(Cc2nc3c(CCC(C)(C)C)ncnc3n2C2CCCCO2)c1=O. The Balaban J connectivity index is 1.61. The number of carbonyl (C=O) groups is 3. The fraction of sp³-hybridized carbons (Fsp3) is 0.571. The smallest absolute Gasteiger partial charge is 0.409 e. The Morgan fingerprint density at radius 3 is 2.56 bits per heavy atom. The number of aromatic nitrogens is 5. The van der Waals surface area contributed by atoms with Gasteiger partial charge in [-0.3, -0.25) is 19.0 Å². The molecule has 48 heavy (non-hydrogen) atoms. The highest BCUT2D eigenvalue weighted by Crippen LogP contribution is 2.30. The molecule has 0 spiro atoms. The maximum atomic E-state index is 13.8. The number of ether oxygens (including phenoxy) is 2. The van der Waals surface area contributed by atoms with Gasteiger partial charge in [-0.2, -0.15) is 0 Å². The van der Waals surface area contributed by atoms with Crippen molar-refractivity contribution in [3.05, 3.63) is 64.2 Å². The molecule has 0 N–H and O–H groups in total. The third kappa shape index (κ3) is 9.59. The van der Waals surface area contributed by atoms with Crippen molar-refractivity contribution >= 4 is 28.9 Å². The van der Waals surface area contributed by atoms with Gasteiger partial charge in [-0.05, 0) is 62.5 Å². The standard InChI is InChI=1S/C35H49N7O6/c1-35(2,3)18-17-25-31-32(37-23-36-25)42(30-16-10-11-20-47-30)28(38-31)22-41-19-12-13-24(33(41)45)21-26(43)27(48-34(46)40(6)7)14-8-9-15-29(44)39(4)5/h9,12-13,15,19,23,27,30H,8,10-11,14,16-18,20-22H2,1-7H3/b15-9+/t27-,30?/m0/s1. The molecule has 1 aliphatic rings. The molecule has 260 valence electrons. The van der Waals surface area contributed by atoms with E-state index < -0.39 is 18.0 Å². The molecular formula is C35H49N7O6. The summed E-state index contributed by atoms with van der Waals surface area (Å²) in [4.78, 5) is 68.4. The van der Waals surface area contributed by atoms with Crippen LogP contribution in [-0.4, -0.2) is 92.6 Å². The van der Waals surface area contributed by atoms with E-state index in [0.717, 1.165) is 37.8 Å². The maximum Gasteiger partial charge on any atom is 0.409 e. The van der Waals surface area contributed by atoms with E-state index in [0.29, 0.717) is 30.0 Å². The Morgan fingerprint density at radius 2 is 1.90 bits per heavy atom. The topological polar surface area (TPSA) is 142 Å². The molecule has 2 atom stereocenters. The van der Waals surface area contributed by atoms with Gasteiger partial charge < -0.3 is 23.8 Å². The van der Waals surface area contributed by atoms with E-state index in [9.17, 15) is 19.2 Å². The minimum atomic E-state index is -1.09. The predicted octanol–water partition coefficient (Wildman–Crippen LogP) is 4.32. The van der Waals surface area contributed by atoms with Crippen molar-refractivity contribution in [1.29, 1.82) is 0 Å². The van der Waals surface area contributed by atoms with Crippen molar-refractivity contribution in [2.75, 3.05) is 34.8 Å². The molecule has 0 aromatic carbocycles. The molecule has 1 saturated heterocycles. The summed E-state index contributed by atoms with van der Waals surface area (Å²) in [6.07, 6.45) is 8.99. The summed E-state index contributed by atoms with van der Waals surface area (Å²) in [6.45, 7) is 7.34. The van der Waals surface area contributed by atoms with Gasteiger partial charge >= 0.3 is 6.09 Å². The number of amides is 2. The third-order valence-corrected chi connectivity index (χ3v) is 8.22. The average Bonchev–Trinajstić information content (AvgIpc) is 3.41. The number of rotatable bonds is 13. The largest absolute Gasteiger partial charge is 0.438 e. The van der Waals surface area contributed by atoms with Crippen LogP contribution >= 0.6 is 0 Å². The highest BCUT2D eigenvalue weighted by Gasteiger charge is 2.27. The maximum absolute atomic E-state index is 13.8. The van der Waals surface area contributed by atoms with Gasteiger partial charge in [0.1, 0.15) is 23.9 Å². The van der Waals surface area contributed by atoms with Gasteiger partial charge in [-0.15, -0.1) is 0 Å². The monoisotopic (exact) mass is 663 g/mol. The number of carbonyl (C=O) groups excluding carboxylic acids is 3. The van der Waals surface area contributed by atoms with E-state index >= 15 is 0 Å². The second-order valence-corrected chi connectivity index (χ2v) is 13.9. The molecule has 0 aliphatic carbocycles. The third-order valence-electron chi connectivity index (χ3n) is 8.22. The first-order chi connectivity index (χ1) is 22.7. The fourth-order valence-corrected chi connectivity index (χ4v) is 5.41. The van der Waals surface area contributed by atoms with Crippen molar-refractivity contribution < 1.29 is 23.9 Å². The molecule has 1 unspecified atom stereocenters. The van der Waals surface area contributed by atoms with Crippen LogP contribution in [0.15, 0.2) is 41.6 Å². The minimum Gasteiger partial charge on any atom is -0.438 e. The van der Waals surface area contributed by atoms with E-state index in [1.54, 1.807) is 44.8 Å². The number of ketones is 1. The first-order valence-electron chi connectivity index (χ1n) is 16.5. The molecule has 0 bridgehead atoms. The zero-order chi connectivity index (χ0) is 35.0. The average molecular weight is 664 g/mol. The highest BCUT2D eigenvalue weighted by molar-refractivity contribution is 5.88. The lowest BCUT2D eigenvalue weighted by Gasteiger charge is -2.25. The van der Waals surface area contributed by atoms with E-state index in [2.05, 4.69) is 30.7 Å². The van der Waals surface area contributed by atoms with E-state index in [4.69, 9.17) is 14.5 Å². The van der Waals surface area contributed by atoms with Crippen LogP contribution in [0.5, 0.6) is 0 Å². The van der Waals surface area contributed by atoms with Crippen molar-refractivity contribution in [2.24, 2.45) is 5.41 Å². The molecular weight excluding hydrogens is 614 g/mol. The van der Waals surface area contributed by atoms with Crippen LogP contribution < -0.4 is 5.56 Å². The fourth-order valence-electron chi connectivity index (χ4n) is 5.41. The van der Waals surface area contributed by atoms with E-state index in [1.165, 1.54) is 34.5 Å². The van der Waals surface area contributed by atoms with Crippen LogP contribution in [-0.2, 0) is 38.4 Å². The number of imidazole rings is 1. The summed E-state index contributed by atoms with van der Waals surface area (Å²) in [5.41, 5.74) is 2.29. The Kier molecular flexibility index (Phi) is 12.3. The summed E-state index contributed by atoms with van der Waals surface area (Å²) in [5.74, 6) is 0.0237. The van der Waals surface area contributed by atoms with Gasteiger partial charge in [0.25, 0.3) is 5.56 Å². The molecule has 1 aliphatic heterocycles. The normalized spacial score (nSPS) is 15.9. The molecule has 0 saturated carbocycles. The molecule has 4 heterocycles. The first kappa shape index (κ1) is 36.4. The Labute approximate surface area is 281 Å². The zero-order valence-corrected chi connectivity index (χ0v) is 29.3. The van der Waals surface area contributed by atoms with Crippen LogP contribution in [0.1, 0.15) is 82.6 Å². The van der Waals surface area contributed by atoms with E-state index in [1.807, 2.05) is 4.57 Å². The van der Waals surface area contributed by atoms with Gasteiger partial charge in [0.15, 0.2) is 17.5 Å². The summed E-state index contributed by atoms with van der Waals surface area (Å²) >= 11 is 0. The minimum absolute atomic E-state index is 0.117. The summed E-state index contributed by atoms with van der Waals surface area (Å²) < 4.78 is 15.2. The van der Waals surface area contributed by atoms with Gasteiger partial charge in [0.2, 0.25) is 5.91 Å². The van der Waals surface area contributed by atoms with Crippen molar-refractivity contribution in [3.8, 4) is 0 Å². The number of aryl methyl sites for hydroxylation is 1. The highest BCUT2D eigenvalue weighted by atomic mass is 16.6. The van der Waals surface area contributed by atoms with Crippen LogP contribution in [0.25, 0.3) is 11.2 Å². The molecule has 13 heteroatoms. The number of hydrogen-bond acceptors (Lipinski definition) is 9. The molecule has 3 aromatic rings. The lowest BCUT2D eigenvalue weighted by Crippen LogP contribution is -2.35. The summed E-state index contributed by atoms with van der Waals surface area (Å²) in [5, 5.41) is 0. The Bertz CT molecular complexity index is 1680. The first-order valence-corrected chi connectivity index (χ1v) is 16.5. The quantitative estimate of drug-likeness (QED) is 0.245.